The highest BCUT2D eigenvalue weighted by atomic mass is 19.1. The summed E-state index contributed by atoms with van der Waals surface area (Å²) < 4.78 is 18.1. The quantitative estimate of drug-likeness (QED) is 0.360. The van der Waals surface area contributed by atoms with Crippen LogP contribution in [-0.4, -0.2) is 29.4 Å². The smallest absolute Gasteiger partial charge is 0.338 e. The number of ether oxygens (including phenoxy) is 1. The third kappa shape index (κ3) is 6.46. The van der Waals surface area contributed by atoms with Gasteiger partial charge in [0.25, 0.3) is 5.91 Å². The van der Waals surface area contributed by atoms with E-state index in [1.54, 1.807) is 43.6 Å². The van der Waals surface area contributed by atoms with Crippen molar-refractivity contribution in [3.8, 4) is 0 Å². The Morgan fingerprint density at radius 1 is 0.968 bits per heavy atom. The van der Waals surface area contributed by atoms with Gasteiger partial charge in [-0.2, -0.15) is 0 Å². The van der Waals surface area contributed by atoms with Crippen LogP contribution < -0.4 is 10.6 Å². The monoisotopic (exact) mass is 420 g/mol. The Labute approximate surface area is 179 Å². The van der Waals surface area contributed by atoms with E-state index in [0.29, 0.717) is 24.4 Å². The Kier molecular flexibility index (Phi) is 7.42. The van der Waals surface area contributed by atoms with E-state index >= 15 is 0 Å². The Morgan fingerprint density at radius 2 is 1.61 bits per heavy atom. The third-order valence-corrected chi connectivity index (χ3v) is 4.17. The van der Waals surface area contributed by atoms with Crippen LogP contribution in [0.2, 0.25) is 0 Å². The first-order chi connectivity index (χ1) is 15.0. The second-order valence-electron chi connectivity index (χ2n) is 6.40. The Bertz CT molecular complexity index is 1050. The SMILES string of the molecule is CCOC(=O)c1ccc(NC(=NCc2ccncc2)NC(=O)c2ccc(F)cc2)cc1. The van der Waals surface area contributed by atoms with Crippen LogP contribution in [0.4, 0.5) is 10.1 Å². The molecule has 0 spiro atoms. The molecule has 0 aliphatic rings. The average molecular weight is 420 g/mol. The number of halogens is 1. The van der Waals surface area contributed by atoms with Crippen molar-refractivity contribution in [2.24, 2.45) is 4.99 Å². The number of guanidine groups is 1. The zero-order valence-electron chi connectivity index (χ0n) is 16.8. The number of anilines is 1. The van der Waals surface area contributed by atoms with Crippen molar-refractivity contribution in [1.82, 2.24) is 10.3 Å². The number of carbonyl (C=O) groups is 2. The van der Waals surface area contributed by atoms with Crippen LogP contribution in [0.5, 0.6) is 0 Å². The fourth-order valence-electron chi connectivity index (χ4n) is 2.59. The molecule has 0 saturated heterocycles. The zero-order valence-corrected chi connectivity index (χ0v) is 16.8. The van der Waals surface area contributed by atoms with E-state index in [2.05, 4.69) is 20.6 Å². The van der Waals surface area contributed by atoms with Crippen LogP contribution in [0.3, 0.4) is 0 Å². The predicted octanol–water partition coefficient (Wildman–Crippen LogP) is 3.80. The second kappa shape index (κ2) is 10.6. The van der Waals surface area contributed by atoms with Gasteiger partial charge in [0.15, 0.2) is 0 Å². The maximum absolute atomic E-state index is 13.1. The van der Waals surface area contributed by atoms with Crippen molar-refractivity contribution < 1.29 is 18.7 Å². The van der Waals surface area contributed by atoms with E-state index in [1.807, 2.05) is 12.1 Å². The molecule has 0 radical (unpaired) electrons. The topological polar surface area (TPSA) is 92.7 Å². The van der Waals surface area contributed by atoms with E-state index in [-0.39, 0.29) is 11.5 Å². The minimum atomic E-state index is -0.441. The lowest BCUT2D eigenvalue weighted by atomic mass is 10.2. The van der Waals surface area contributed by atoms with Crippen molar-refractivity contribution in [3.63, 3.8) is 0 Å². The minimum Gasteiger partial charge on any atom is -0.462 e. The molecule has 8 heteroatoms. The van der Waals surface area contributed by atoms with Crippen LogP contribution in [0, 0.1) is 5.82 Å². The van der Waals surface area contributed by atoms with Gasteiger partial charge in [-0.25, -0.2) is 14.2 Å². The second-order valence-corrected chi connectivity index (χ2v) is 6.40. The summed E-state index contributed by atoms with van der Waals surface area (Å²) in [4.78, 5) is 32.8. The molecule has 0 saturated carbocycles. The van der Waals surface area contributed by atoms with E-state index in [1.165, 1.54) is 24.3 Å². The van der Waals surface area contributed by atoms with E-state index in [4.69, 9.17) is 4.74 Å². The van der Waals surface area contributed by atoms with E-state index < -0.39 is 17.7 Å². The van der Waals surface area contributed by atoms with Gasteiger partial charge in [-0.3, -0.25) is 15.1 Å². The molecule has 7 nitrogen and oxygen atoms in total. The number of benzene rings is 2. The standard InChI is InChI=1S/C23H21FN4O3/c1-2-31-22(30)18-5-9-20(10-6-18)27-23(26-15-16-11-13-25-14-12-16)28-21(29)17-3-7-19(24)8-4-17/h3-14H,2,15H2,1H3,(H2,26,27,28,29). The first-order valence-corrected chi connectivity index (χ1v) is 9.59. The van der Waals surface area contributed by atoms with Crippen LogP contribution in [0.25, 0.3) is 0 Å². The molecular formula is C23H21FN4O3. The van der Waals surface area contributed by atoms with Crippen molar-refractivity contribution in [1.29, 1.82) is 0 Å². The van der Waals surface area contributed by atoms with Gasteiger partial charge >= 0.3 is 5.97 Å². The molecule has 1 amide bonds. The summed E-state index contributed by atoms with van der Waals surface area (Å²) in [5, 5.41) is 5.74. The molecular weight excluding hydrogens is 399 g/mol. The summed E-state index contributed by atoms with van der Waals surface area (Å²) in [5.41, 5.74) is 2.22. The first kappa shape index (κ1) is 21.6. The molecule has 0 aliphatic heterocycles. The van der Waals surface area contributed by atoms with Gasteiger partial charge in [-0.15, -0.1) is 0 Å². The number of aliphatic imine (C=N–C) groups is 1. The summed E-state index contributed by atoms with van der Waals surface area (Å²) in [6.07, 6.45) is 3.31. The lowest BCUT2D eigenvalue weighted by Crippen LogP contribution is -2.36. The van der Waals surface area contributed by atoms with Gasteiger partial charge < -0.3 is 10.1 Å². The van der Waals surface area contributed by atoms with Crippen molar-refractivity contribution in [2.45, 2.75) is 13.5 Å². The number of carbonyl (C=O) groups excluding carboxylic acids is 2. The zero-order chi connectivity index (χ0) is 22.1. The lowest BCUT2D eigenvalue weighted by Gasteiger charge is -2.12. The normalized spacial score (nSPS) is 11.0. The summed E-state index contributed by atoms with van der Waals surface area (Å²) in [7, 11) is 0. The molecule has 2 aromatic carbocycles. The maximum Gasteiger partial charge on any atom is 0.338 e. The third-order valence-electron chi connectivity index (χ3n) is 4.17. The van der Waals surface area contributed by atoms with Gasteiger partial charge in [0.1, 0.15) is 5.82 Å². The number of nitrogens with zero attached hydrogens (tertiary/aromatic N) is 2. The van der Waals surface area contributed by atoms with E-state index in [9.17, 15) is 14.0 Å². The number of nitrogens with one attached hydrogen (secondary N) is 2. The highest BCUT2D eigenvalue weighted by molar-refractivity contribution is 6.10. The molecule has 158 valence electrons. The van der Waals surface area contributed by atoms with Crippen LogP contribution in [0.15, 0.2) is 78.0 Å². The minimum absolute atomic E-state index is 0.204. The summed E-state index contributed by atoms with van der Waals surface area (Å²) in [6.45, 7) is 2.33. The first-order valence-electron chi connectivity index (χ1n) is 9.59. The lowest BCUT2D eigenvalue weighted by molar-refractivity contribution is 0.0526. The Hall–Kier alpha value is -4.07. The molecule has 1 heterocycles. The number of rotatable bonds is 6. The number of esters is 1. The van der Waals surface area contributed by atoms with Gasteiger partial charge in [-0.05, 0) is 73.2 Å². The molecule has 3 aromatic rings. The number of hydrogen-bond acceptors (Lipinski definition) is 5. The molecule has 31 heavy (non-hydrogen) atoms. The predicted molar refractivity (Wildman–Crippen MR) is 115 cm³/mol. The largest absolute Gasteiger partial charge is 0.462 e. The fraction of sp³-hybridized carbons (Fsp3) is 0.130. The number of aromatic nitrogens is 1. The van der Waals surface area contributed by atoms with Gasteiger partial charge in [-0.1, -0.05) is 0 Å². The van der Waals surface area contributed by atoms with Gasteiger partial charge in [0.05, 0.1) is 18.7 Å². The highest BCUT2D eigenvalue weighted by Gasteiger charge is 2.11. The molecule has 1 aromatic heterocycles. The van der Waals surface area contributed by atoms with Crippen LogP contribution >= 0.6 is 0 Å². The Balaban J connectivity index is 1.77. The molecule has 0 bridgehead atoms. The molecule has 0 fully saturated rings. The van der Waals surface area contributed by atoms with Crippen LogP contribution in [-0.2, 0) is 11.3 Å². The summed E-state index contributed by atoms with van der Waals surface area (Å²) >= 11 is 0. The molecule has 2 N–H and O–H groups in total. The number of hydrogen-bond donors (Lipinski definition) is 2. The van der Waals surface area contributed by atoms with Crippen molar-refractivity contribution in [2.75, 3.05) is 11.9 Å². The summed E-state index contributed by atoms with van der Waals surface area (Å²) in [5.74, 6) is -1.08. The van der Waals surface area contributed by atoms with Gasteiger partial charge in [0.2, 0.25) is 5.96 Å². The van der Waals surface area contributed by atoms with Crippen LogP contribution in [0.1, 0.15) is 33.2 Å². The molecule has 3 rings (SSSR count). The highest BCUT2D eigenvalue weighted by Crippen LogP contribution is 2.11. The van der Waals surface area contributed by atoms with Crippen molar-refractivity contribution >= 4 is 23.5 Å². The molecule has 0 unspecified atom stereocenters. The van der Waals surface area contributed by atoms with Crippen molar-refractivity contribution in [3.05, 3.63) is 95.6 Å². The molecule has 0 atom stereocenters. The average Bonchev–Trinajstić information content (AvgIpc) is 2.79. The Morgan fingerprint density at radius 3 is 2.26 bits per heavy atom. The van der Waals surface area contributed by atoms with E-state index in [0.717, 1.165) is 5.56 Å². The number of pyridine rings is 1. The van der Waals surface area contributed by atoms with Gasteiger partial charge in [0, 0.05) is 23.6 Å². The molecule has 0 aliphatic carbocycles. The summed E-state index contributed by atoms with van der Waals surface area (Å²) in [6, 6.07) is 15.4. The maximum atomic E-state index is 13.1. The fourth-order valence-corrected chi connectivity index (χ4v) is 2.59. The number of amides is 1.